The Balaban J connectivity index is 2.11. The Bertz CT molecular complexity index is 722. The van der Waals surface area contributed by atoms with Crippen LogP contribution < -0.4 is 15.8 Å². The number of methoxy groups -OCH3 is 1. The summed E-state index contributed by atoms with van der Waals surface area (Å²) in [6.07, 6.45) is 0. The van der Waals surface area contributed by atoms with E-state index in [1.54, 1.807) is 19.2 Å². The number of aryl methyl sites for hydroxylation is 1. The molecule has 1 amide bonds. The standard InChI is InChI=1S/C17H19ClN2O2S/c1-10-7-15(16(22-3)9-14(10)18)20-17(21)11(2)23-13-6-4-5-12(19)8-13/h4-9,11H,19H2,1-3H3,(H,20,21). The van der Waals surface area contributed by atoms with Crippen LogP contribution in [0.2, 0.25) is 5.02 Å². The van der Waals surface area contributed by atoms with Crippen molar-refractivity contribution in [2.24, 2.45) is 0 Å². The first-order valence-electron chi connectivity index (χ1n) is 7.08. The van der Waals surface area contributed by atoms with Gasteiger partial charge in [0.25, 0.3) is 0 Å². The van der Waals surface area contributed by atoms with Crippen LogP contribution in [0.5, 0.6) is 5.75 Å². The highest BCUT2D eigenvalue weighted by Gasteiger charge is 2.17. The van der Waals surface area contributed by atoms with Gasteiger partial charge >= 0.3 is 0 Å². The Morgan fingerprint density at radius 2 is 2.09 bits per heavy atom. The molecule has 122 valence electrons. The van der Waals surface area contributed by atoms with Crippen LogP contribution in [0.3, 0.4) is 0 Å². The molecule has 2 aromatic rings. The van der Waals surface area contributed by atoms with E-state index in [-0.39, 0.29) is 11.2 Å². The number of carbonyl (C=O) groups is 1. The molecule has 1 unspecified atom stereocenters. The number of anilines is 2. The minimum absolute atomic E-state index is 0.113. The third-order valence-electron chi connectivity index (χ3n) is 3.28. The van der Waals surface area contributed by atoms with E-state index < -0.39 is 0 Å². The van der Waals surface area contributed by atoms with E-state index in [1.165, 1.54) is 11.8 Å². The molecule has 0 fully saturated rings. The maximum atomic E-state index is 12.4. The Morgan fingerprint density at radius 3 is 2.74 bits per heavy atom. The van der Waals surface area contributed by atoms with E-state index in [9.17, 15) is 4.79 Å². The highest BCUT2D eigenvalue weighted by molar-refractivity contribution is 8.00. The minimum Gasteiger partial charge on any atom is -0.495 e. The largest absolute Gasteiger partial charge is 0.495 e. The summed E-state index contributed by atoms with van der Waals surface area (Å²) < 4.78 is 5.27. The summed E-state index contributed by atoms with van der Waals surface area (Å²) in [6, 6.07) is 11.0. The van der Waals surface area contributed by atoms with E-state index >= 15 is 0 Å². The van der Waals surface area contributed by atoms with Crippen LogP contribution in [-0.2, 0) is 4.79 Å². The zero-order valence-corrected chi connectivity index (χ0v) is 14.8. The maximum Gasteiger partial charge on any atom is 0.237 e. The second-order valence-corrected chi connectivity index (χ2v) is 6.94. The first-order chi connectivity index (χ1) is 10.9. The maximum absolute atomic E-state index is 12.4. The van der Waals surface area contributed by atoms with Gasteiger partial charge in [-0.05, 0) is 43.7 Å². The molecule has 0 bridgehead atoms. The number of hydrogen-bond donors (Lipinski definition) is 2. The molecule has 0 aliphatic rings. The third kappa shape index (κ3) is 4.56. The van der Waals surface area contributed by atoms with Crippen molar-refractivity contribution in [2.45, 2.75) is 24.0 Å². The molecule has 3 N–H and O–H groups in total. The average Bonchev–Trinajstić information content (AvgIpc) is 2.50. The molecule has 0 saturated heterocycles. The molecule has 4 nitrogen and oxygen atoms in total. The Kier molecular flexibility index (Phi) is 5.80. The number of carbonyl (C=O) groups excluding carboxylic acids is 1. The zero-order valence-electron chi connectivity index (χ0n) is 13.2. The lowest BCUT2D eigenvalue weighted by atomic mass is 10.2. The number of thioether (sulfide) groups is 1. The normalized spacial score (nSPS) is 11.8. The van der Waals surface area contributed by atoms with Crippen LogP contribution in [0.4, 0.5) is 11.4 Å². The van der Waals surface area contributed by atoms with E-state index in [1.807, 2.05) is 38.1 Å². The van der Waals surface area contributed by atoms with Crippen LogP contribution in [0, 0.1) is 6.92 Å². The molecule has 2 rings (SSSR count). The van der Waals surface area contributed by atoms with Crippen LogP contribution in [0.25, 0.3) is 0 Å². The summed E-state index contributed by atoms with van der Waals surface area (Å²) in [5, 5.41) is 3.21. The fourth-order valence-electron chi connectivity index (χ4n) is 2.01. The summed E-state index contributed by atoms with van der Waals surface area (Å²) in [7, 11) is 1.54. The summed E-state index contributed by atoms with van der Waals surface area (Å²) in [4.78, 5) is 13.4. The van der Waals surface area contributed by atoms with Gasteiger partial charge in [-0.1, -0.05) is 17.7 Å². The smallest absolute Gasteiger partial charge is 0.237 e. The number of halogens is 1. The molecule has 0 radical (unpaired) electrons. The van der Waals surface area contributed by atoms with E-state index in [2.05, 4.69) is 5.32 Å². The van der Waals surface area contributed by atoms with Crippen molar-refractivity contribution >= 4 is 40.6 Å². The number of nitrogens with one attached hydrogen (secondary N) is 1. The van der Waals surface area contributed by atoms with Gasteiger partial charge in [0.05, 0.1) is 18.0 Å². The quantitative estimate of drug-likeness (QED) is 0.621. The van der Waals surface area contributed by atoms with Crippen LogP contribution in [0.1, 0.15) is 12.5 Å². The van der Waals surface area contributed by atoms with Gasteiger partial charge in [-0.3, -0.25) is 4.79 Å². The Labute approximate surface area is 145 Å². The van der Waals surface area contributed by atoms with Crippen molar-refractivity contribution in [3.05, 3.63) is 47.0 Å². The number of rotatable bonds is 5. The molecule has 6 heteroatoms. The number of nitrogen functional groups attached to an aromatic ring is 1. The van der Waals surface area contributed by atoms with Gasteiger partial charge in [0.2, 0.25) is 5.91 Å². The van der Waals surface area contributed by atoms with Gasteiger partial charge in [-0.25, -0.2) is 0 Å². The molecule has 0 spiro atoms. The molecule has 0 aromatic heterocycles. The monoisotopic (exact) mass is 350 g/mol. The van der Waals surface area contributed by atoms with Crippen LogP contribution >= 0.6 is 23.4 Å². The SMILES string of the molecule is COc1cc(Cl)c(C)cc1NC(=O)C(C)Sc1cccc(N)c1. The fourth-order valence-corrected chi connectivity index (χ4v) is 3.10. The molecular weight excluding hydrogens is 332 g/mol. The number of ether oxygens (including phenoxy) is 1. The van der Waals surface area contributed by atoms with E-state index in [0.29, 0.717) is 22.1 Å². The molecule has 1 atom stereocenters. The minimum atomic E-state index is -0.280. The van der Waals surface area contributed by atoms with Crippen molar-refractivity contribution < 1.29 is 9.53 Å². The average molecular weight is 351 g/mol. The molecule has 0 aliphatic carbocycles. The molecular formula is C17H19ClN2O2S. The van der Waals surface area contributed by atoms with Crippen molar-refractivity contribution in [1.29, 1.82) is 0 Å². The predicted octanol–water partition coefficient (Wildman–Crippen LogP) is 4.36. The predicted molar refractivity (Wildman–Crippen MR) is 97.5 cm³/mol. The van der Waals surface area contributed by atoms with Gasteiger partial charge in [0, 0.05) is 21.7 Å². The molecule has 2 aromatic carbocycles. The van der Waals surface area contributed by atoms with Crippen molar-refractivity contribution in [3.8, 4) is 5.75 Å². The first kappa shape index (κ1) is 17.5. The zero-order chi connectivity index (χ0) is 17.0. The van der Waals surface area contributed by atoms with Gasteiger partial charge < -0.3 is 15.8 Å². The summed E-state index contributed by atoms with van der Waals surface area (Å²) in [6.45, 7) is 3.72. The van der Waals surface area contributed by atoms with Crippen molar-refractivity contribution in [1.82, 2.24) is 0 Å². The summed E-state index contributed by atoms with van der Waals surface area (Å²) in [5.41, 5.74) is 7.92. The second-order valence-electron chi connectivity index (χ2n) is 5.12. The molecule has 0 heterocycles. The highest BCUT2D eigenvalue weighted by atomic mass is 35.5. The molecule has 23 heavy (non-hydrogen) atoms. The highest BCUT2D eigenvalue weighted by Crippen LogP contribution is 2.32. The van der Waals surface area contributed by atoms with Crippen molar-refractivity contribution in [2.75, 3.05) is 18.2 Å². The first-order valence-corrected chi connectivity index (χ1v) is 8.33. The number of amides is 1. The lowest BCUT2D eigenvalue weighted by Gasteiger charge is -2.15. The fraction of sp³-hybridized carbons (Fsp3) is 0.235. The second kappa shape index (κ2) is 7.62. The van der Waals surface area contributed by atoms with Gasteiger partial charge in [-0.2, -0.15) is 0 Å². The lowest BCUT2D eigenvalue weighted by Crippen LogP contribution is -2.22. The van der Waals surface area contributed by atoms with Gasteiger partial charge in [0.1, 0.15) is 5.75 Å². The van der Waals surface area contributed by atoms with Crippen molar-refractivity contribution in [3.63, 3.8) is 0 Å². The third-order valence-corrected chi connectivity index (χ3v) is 4.78. The summed E-state index contributed by atoms with van der Waals surface area (Å²) >= 11 is 7.52. The van der Waals surface area contributed by atoms with Gasteiger partial charge in [-0.15, -0.1) is 11.8 Å². The Morgan fingerprint density at radius 1 is 1.35 bits per heavy atom. The van der Waals surface area contributed by atoms with E-state index in [0.717, 1.165) is 10.5 Å². The topological polar surface area (TPSA) is 64.3 Å². The summed E-state index contributed by atoms with van der Waals surface area (Å²) in [5.74, 6) is 0.424. The Hall–Kier alpha value is -1.85. The van der Waals surface area contributed by atoms with E-state index in [4.69, 9.17) is 22.1 Å². The molecule has 0 saturated carbocycles. The van der Waals surface area contributed by atoms with Gasteiger partial charge in [0.15, 0.2) is 0 Å². The number of benzene rings is 2. The lowest BCUT2D eigenvalue weighted by molar-refractivity contribution is -0.115. The number of hydrogen-bond acceptors (Lipinski definition) is 4. The van der Waals surface area contributed by atoms with Crippen LogP contribution in [0.15, 0.2) is 41.3 Å². The molecule has 0 aliphatic heterocycles. The van der Waals surface area contributed by atoms with Crippen LogP contribution in [-0.4, -0.2) is 18.3 Å². The number of nitrogens with two attached hydrogens (primary N) is 1.